The van der Waals surface area contributed by atoms with E-state index in [4.69, 9.17) is 0 Å². The number of amides is 1. The van der Waals surface area contributed by atoms with Crippen molar-refractivity contribution < 1.29 is 9.18 Å². The third-order valence-corrected chi connectivity index (χ3v) is 2.53. The number of carbonyl (C=O) groups excluding carboxylic acids is 1. The Balaban J connectivity index is 1.78. The van der Waals surface area contributed by atoms with Gasteiger partial charge < -0.3 is 10.6 Å². The molecule has 0 unspecified atom stereocenters. The number of nitrogens with one attached hydrogen (secondary N) is 2. The van der Waals surface area contributed by atoms with Crippen molar-refractivity contribution >= 4 is 11.6 Å². The van der Waals surface area contributed by atoms with Gasteiger partial charge >= 0.3 is 0 Å². The summed E-state index contributed by atoms with van der Waals surface area (Å²) >= 11 is 0. The van der Waals surface area contributed by atoms with Crippen molar-refractivity contribution in [2.75, 3.05) is 11.9 Å². The first kappa shape index (κ1) is 14.1. The lowest BCUT2D eigenvalue weighted by Gasteiger charge is -2.06. The van der Waals surface area contributed by atoms with Gasteiger partial charge in [0.2, 0.25) is 5.91 Å². The molecule has 104 valence electrons. The first-order valence-corrected chi connectivity index (χ1v) is 6.18. The average Bonchev–Trinajstić information content (AvgIpc) is 2.38. The summed E-state index contributed by atoms with van der Waals surface area (Å²) < 4.78 is 12.9. The van der Waals surface area contributed by atoms with Crippen molar-refractivity contribution in [2.24, 2.45) is 0 Å². The maximum atomic E-state index is 12.9. The van der Waals surface area contributed by atoms with Gasteiger partial charge in [-0.2, -0.15) is 0 Å². The normalized spacial score (nSPS) is 10.3. The Kier molecular flexibility index (Phi) is 4.73. The standard InChI is InChI=1S/C14H15FN4O/c1-10-17-6-5-13(18-10)8-16-9-14(20)19-12-4-2-3-11(15)7-12/h2-7,16H,8-9H2,1H3,(H,19,20). The summed E-state index contributed by atoms with van der Waals surface area (Å²) in [5, 5.41) is 5.57. The van der Waals surface area contributed by atoms with Gasteiger partial charge in [0.1, 0.15) is 11.6 Å². The fraction of sp³-hybridized carbons (Fsp3) is 0.214. The van der Waals surface area contributed by atoms with E-state index in [2.05, 4.69) is 20.6 Å². The molecule has 0 saturated carbocycles. The third kappa shape index (κ3) is 4.40. The van der Waals surface area contributed by atoms with E-state index < -0.39 is 0 Å². The summed E-state index contributed by atoms with van der Waals surface area (Å²) in [4.78, 5) is 19.9. The molecule has 0 aliphatic rings. The van der Waals surface area contributed by atoms with Crippen molar-refractivity contribution in [1.29, 1.82) is 0 Å². The largest absolute Gasteiger partial charge is 0.325 e. The van der Waals surface area contributed by atoms with E-state index in [1.165, 1.54) is 12.1 Å². The monoisotopic (exact) mass is 274 g/mol. The molecule has 6 heteroatoms. The molecule has 1 aromatic carbocycles. The van der Waals surface area contributed by atoms with E-state index in [0.717, 1.165) is 5.69 Å². The Morgan fingerprint density at radius 2 is 2.20 bits per heavy atom. The lowest BCUT2D eigenvalue weighted by Crippen LogP contribution is -2.28. The van der Waals surface area contributed by atoms with Crippen LogP contribution >= 0.6 is 0 Å². The van der Waals surface area contributed by atoms with Crippen LogP contribution in [0.5, 0.6) is 0 Å². The van der Waals surface area contributed by atoms with Gasteiger partial charge in [-0.1, -0.05) is 6.07 Å². The van der Waals surface area contributed by atoms with Gasteiger partial charge in [0.15, 0.2) is 0 Å². The molecule has 2 rings (SSSR count). The summed E-state index contributed by atoms with van der Waals surface area (Å²) in [5.41, 5.74) is 1.26. The number of hydrogen-bond donors (Lipinski definition) is 2. The van der Waals surface area contributed by atoms with E-state index >= 15 is 0 Å². The van der Waals surface area contributed by atoms with E-state index in [-0.39, 0.29) is 18.3 Å². The van der Waals surface area contributed by atoms with Crippen LogP contribution in [0.4, 0.5) is 10.1 Å². The minimum Gasteiger partial charge on any atom is -0.325 e. The van der Waals surface area contributed by atoms with E-state index in [0.29, 0.717) is 18.1 Å². The summed E-state index contributed by atoms with van der Waals surface area (Å²) in [6.45, 7) is 2.40. The predicted molar refractivity (Wildman–Crippen MR) is 73.5 cm³/mol. The molecule has 1 aromatic heterocycles. The number of hydrogen-bond acceptors (Lipinski definition) is 4. The van der Waals surface area contributed by atoms with Gasteiger partial charge in [-0.3, -0.25) is 4.79 Å². The van der Waals surface area contributed by atoms with Crippen LogP contribution in [0.25, 0.3) is 0 Å². The fourth-order valence-electron chi connectivity index (χ4n) is 1.68. The quantitative estimate of drug-likeness (QED) is 0.870. The predicted octanol–water partition coefficient (Wildman–Crippen LogP) is 1.65. The molecular formula is C14H15FN4O. The van der Waals surface area contributed by atoms with Crippen LogP contribution in [-0.2, 0) is 11.3 Å². The Morgan fingerprint density at radius 1 is 1.35 bits per heavy atom. The highest BCUT2D eigenvalue weighted by molar-refractivity contribution is 5.92. The maximum Gasteiger partial charge on any atom is 0.238 e. The summed E-state index contributed by atoms with van der Waals surface area (Å²) in [6, 6.07) is 7.55. The molecule has 0 saturated heterocycles. The van der Waals surface area contributed by atoms with Gasteiger partial charge in [0.05, 0.1) is 12.2 Å². The second-order valence-corrected chi connectivity index (χ2v) is 4.26. The van der Waals surface area contributed by atoms with E-state index in [9.17, 15) is 9.18 Å². The number of rotatable bonds is 5. The Labute approximate surface area is 116 Å². The number of carbonyl (C=O) groups is 1. The molecule has 0 atom stereocenters. The van der Waals surface area contributed by atoms with Crippen molar-refractivity contribution in [3.05, 3.63) is 53.9 Å². The average molecular weight is 274 g/mol. The van der Waals surface area contributed by atoms with Crippen LogP contribution in [0.3, 0.4) is 0 Å². The number of anilines is 1. The van der Waals surface area contributed by atoms with E-state index in [1.807, 2.05) is 0 Å². The highest BCUT2D eigenvalue weighted by atomic mass is 19.1. The van der Waals surface area contributed by atoms with Crippen LogP contribution in [0, 0.1) is 12.7 Å². The molecule has 1 heterocycles. The molecule has 1 amide bonds. The number of halogens is 1. The third-order valence-electron chi connectivity index (χ3n) is 2.53. The van der Waals surface area contributed by atoms with Crippen molar-refractivity contribution in [1.82, 2.24) is 15.3 Å². The number of benzene rings is 1. The zero-order valence-corrected chi connectivity index (χ0v) is 11.1. The van der Waals surface area contributed by atoms with E-state index in [1.54, 1.807) is 31.3 Å². The van der Waals surface area contributed by atoms with Gasteiger partial charge in [-0.15, -0.1) is 0 Å². The van der Waals surface area contributed by atoms with Crippen LogP contribution in [0.15, 0.2) is 36.5 Å². The molecule has 20 heavy (non-hydrogen) atoms. The van der Waals surface area contributed by atoms with Gasteiger partial charge in [-0.05, 0) is 31.2 Å². The Morgan fingerprint density at radius 3 is 2.95 bits per heavy atom. The molecule has 2 aromatic rings. The van der Waals surface area contributed by atoms with Crippen LogP contribution in [-0.4, -0.2) is 22.4 Å². The molecule has 5 nitrogen and oxygen atoms in total. The molecular weight excluding hydrogens is 259 g/mol. The molecule has 0 fully saturated rings. The zero-order chi connectivity index (χ0) is 14.4. The second kappa shape index (κ2) is 6.72. The fourth-order valence-corrected chi connectivity index (χ4v) is 1.68. The first-order valence-electron chi connectivity index (χ1n) is 6.18. The lowest BCUT2D eigenvalue weighted by atomic mass is 10.3. The maximum absolute atomic E-state index is 12.9. The molecule has 0 aliphatic heterocycles. The number of aryl methyl sites for hydroxylation is 1. The summed E-state index contributed by atoms with van der Waals surface area (Å²) in [7, 11) is 0. The first-order chi connectivity index (χ1) is 9.63. The second-order valence-electron chi connectivity index (χ2n) is 4.26. The van der Waals surface area contributed by atoms with Crippen LogP contribution < -0.4 is 10.6 Å². The molecule has 0 aliphatic carbocycles. The SMILES string of the molecule is Cc1nccc(CNCC(=O)Nc2cccc(F)c2)n1. The highest BCUT2D eigenvalue weighted by Gasteiger charge is 2.03. The van der Waals surface area contributed by atoms with Gasteiger partial charge in [-0.25, -0.2) is 14.4 Å². The zero-order valence-electron chi connectivity index (χ0n) is 11.1. The summed E-state index contributed by atoms with van der Waals surface area (Å²) in [6.07, 6.45) is 1.67. The van der Waals surface area contributed by atoms with Crippen LogP contribution in [0.1, 0.15) is 11.5 Å². The van der Waals surface area contributed by atoms with Crippen molar-refractivity contribution in [3.8, 4) is 0 Å². The lowest BCUT2D eigenvalue weighted by molar-refractivity contribution is -0.115. The minimum absolute atomic E-state index is 0.125. The smallest absolute Gasteiger partial charge is 0.238 e. The molecule has 2 N–H and O–H groups in total. The topological polar surface area (TPSA) is 66.9 Å². The van der Waals surface area contributed by atoms with Crippen molar-refractivity contribution in [3.63, 3.8) is 0 Å². The Hall–Kier alpha value is -2.34. The van der Waals surface area contributed by atoms with Gasteiger partial charge in [0, 0.05) is 18.4 Å². The van der Waals surface area contributed by atoms with Gasteiger partial charge in [0.25, 0.3) is 0 Å². The summed E-state index contributed by atoms with van der Waals surface area (Å²) in [5.74, 6) is 0.0714. The molecule has 0 radical (unpaired) electrons. The number of aromatic nitrogens is 2. The highest BCUT2D eigenvalue weighted by Crippen LogP contribution is 2.08. The molecule has 0 bridgehead atoms. The molecule has 0 spiro atoms. The van der Waals surface area contributed by atoms with Crippen molar-refractivity contribution in [2.45, 2.75) is 13.5 Å². The Bertz CT molecular complexity index is 603. The van der Waals surface area contributed by atoms with Crippen LogP contribution in [0.2, 0.25) is 0 Å². The number of nitrogens with zero attached hydrogens (tertiary/aromatic N) is 2. The minimum atomic E-state index is -0.382.